The maximum Gasteiger partial charge on any atom is 0.412 e. The van der Waals surface area contributed by atoms with E-state index >= 15 is 0 Å². The highest BCUT2D eigenvalue weighted by atomic mass is 16.6. The van der Waals surface area contributed by atoms with E-state index in [2.05, 4.69) is 25.3 Å². The fourth-order valence-electron chi connectivity index (χ4n) is 3.95. The third-order valence-corrected chi connectivity index (χ3v) is 5.88. The Hall–Kier alpha value is -4.64. The number of nitrogens with one attached hydrogen (secondary N) is 2. The molecule has 2 heterocycles. The summed E-state index contributed by atoms with van der Waals surface area (Å²) >= 11 is 0. The molecule has 4 rings (SSSR count). The number of carbonyl (C=O) groups is 3. The van der Waals surface area contributed by atoms with Crippen LogP contribution >= 0.6 is 0 Å². The minimum absolute atomic E-state index is 0.132. The maximum atomic E-state index is 12.6. The summed E-state index contributed by atoms with van der Waals surface area (Å²) in [6.07, 6.45) is 2.60. The predicted molar refractivity (Wildman–Crippen MR) is 141 cm³/mol. The van der Waals surface area contributed by atoms with Crippen LogP contribution in [0.1, 0.15) is 28.9 Å². The van der Waals surface area contributed by atoms with Gasteiger partial charge in [-0.3, -0.25) is 4.90 Å². The van der Waals surface area contributed by atoms with Gasteiger partial charge in [-0.25, -0.2) is 19.4 Å². The van der Waals surface area contributed by atoms with Gasteiger partial charge in [0.25, 0.3) is 0 Å². The summed E-state index contributed by atoms with van der Waals surface area (Å²) < 4.78 is 16.0. The van der Waals surface area contributed by atoms with Crippen molar-refractivity contribution in [2.24, 2.45) is 5.73 Å². The molecule has 2 aromatic carbocycles. The number of hydrogen-bond donors (Lipinski definition) is 3. The van der Waals surface area contributed by atoms with Crippen LogP contribution in [0, 0.1) is 6.92 Å². The monoisotopic (exact) mass is 519 g/mol. The summed E-state index contributed by atoms with van der Waals surface area (Å²) in [5.74, 6) is 0.507. The Morgan fingerprint density at radius 2 is 1.76 bits per heavy atom. The molecule has 0 aliphatic carbocycles. The number of rotatable bonds is 9. The van der Waals surface area contributed by atoms with Gasteiger partial charge in [-0.2, -0.15) is 0 Å². The van der Waals surface area contributed by atoms with Gasteiger partial charge in [-0.05, 0) is 75.3 Å². The van der Waals surface area contributed by atoms with Crippen molar-refractivity contribution in [3.05, 3.63) is 72.1 Å². The normalized spacial score (nSPS) is 13.0. The first-order valence-corrected chi connectivity index (χ1v) is 12.2. The molecule has 3 amide bonds. The summed E-state index contributed by atoms with van der Waals surface area (Å²) in [5.41, 5.74) is 6.78. The molecule has 1 aliphatic heterocycles. The zero-order valence-corrected chi connectivity index (χ0v) is 20.9. The van der Waals surface area contributed by atoms with Crippen molar-refractivity contribution in [1.82, 2.24) is 9.88 Å². The maximum absolute atomic E-state index is 12.6. The third kappa shape index (κ3) is 7.43. The van der Waals surface area contributed by atoms with Crippen LogP contribution in [0.25, 0.3) is 0 Å². The van der Waals surface area contributed by atoms with E-state index in [1.54, 1.807) is 24.3 Å². The van der Waals surface area contributed by atoms with Crippen molar-refractivity contribution >= 4 is 29.5 Å². The van der Waals surface area contributed by atoms with E-state index < -0.39 is 18.1 Å². The number of esters is 1. The zero-order chi connectivity index (χ0) is 26.9. The highest BCUT2D eigenvalue weighted by molar-refractivity contribution is 6.00. The molecular formula is C27H29N5O6. The van der Waals surface area contributed by atoms with E-state index in [0.717, 1.165) is 30.9 Å². The molecule has 0 saturated carbocycles. The Labute approximate surface area is 219 Å². The Bertz CT molecular complexity index is 1290. The van der Waals surface area contributed by atoms with Crippen LogP contribution in [0.15, 0.2) is 60.8 Å². The number of benzene rings is 2. The molecule has 0 bridgehead atoms. The number of nitrogens with zero attached hydrogens (tertiary/aromatic N) is 2. The lowest BCUT2D eigenvalue weighted by molar-refractivity contribution is 0.0631. The van der Waals surface area contributed by atoms with E-state index in [0.29, 0.717) is 29.5 Å². The number of nitrogens with two attached hydrogens (primary N) is 1. The smallest absolute Gasteiger partial charge is 0.412 e. The predicted octanol–water partition coefficient (Wildman–Crippen LogP) is 4.54. The number of aromatic nitrogens is 1. The van der Waals surface area contributed by atoms with Crippen LogP contribution in [-0.2, 0) is 4.74 Å². The summed E-state index contributed by atoms with van der Waals surface area (Å²) in [7, 11) is 0. The number of pyridine rings is 1. The number of likely N-dealkylation sites (tertiary alicyclic amines) is 1. The van der Waals surface area contributed by atoms with Crippen molar-refractivity contribution in [2.45, 2.75) is 19.8 Å². The summed E-state index contributed by atoms with van der Waals surface area (Å²) in [4.78, 5) is 41.4. The first-order valence-electron chi connectivity index (χ1n) is 12.2. The average molecular weight is 520 g/mol. The standard InChI is InChI=1S/C27H29N5O6/c1-18-22(5-4-6-24(18)36-16-15-32-13-2-3-14-32)31-27(35)30-19-7-9-20(10-8-19)37-21-11-12-29-23(17-21)25(33)38-26(28)34/h4-12,17H,2-3,13-16H2,1H3,(H2,28,34)(H2,30,31,35). The summed E-state index contributed by atoms with van der Waals surface area (Å²) in [5, 5.41) is 5.64. The van der Waals surface area contributed by atoms with Crippen LogP contribution in [0.2, 0.25) is 0 Å². The molecule has 198 valence electrons. The molecule has 1 fully saturated rings. The molecule has 0 radical (unpaired) electrons. The number of carbonyl (C=O) groups excluding carboxylic acids is 3. The zero-order valence-electron chi connectivity index (χ0n) is 20.9. The molecule has 11 heteroatoms. The molecule has 1 aliphatic rings. The Morgan fingerprint density at radius 3 is 2.50 bits per heavy atom. The minimum atomic E-state index is -1.22. The molecule has 38 heavy (non-hydrogen) atoms. The number of ether oxygens (including phenoxy) is 3. The Balaban J connectivity index is 1.30. The molecule has 3 aromatic rings. The van der Waals surface area contributed by atoms with Crippen LogP contribution in [0.3, 0.4) is 0 Å². The molecule has 1 aromatic heterocycles. The summed E-state index contributed by atoms with van der Waals surface area (Å²) in [6, 6.07) is 14.7. The molecule has 0 spiro atoms. The first-order chi connectivity index (χ1) is 18.4. The van der Waals surface area contributed by atoms with Gasteiger partial charge >= 0.3 is 18.1 Å². The van der Waals surface area contributed by atoms with Crippen LogP contribution in [0.5, 0.6) is 17.2 Å². The van der Waals surface area contributed by atoms with E-state index in [-0.39, 0.29) is 5.69 Å². The highest BCUT2D eigenvalue weighted by Crippen LogP contribution is 2.27. The number of primary amides is 1. The van der Waals surface area contributed by atoms with Crippen LogP contribution in [-0.4, -0.2) is 54.2 Å². The van der Waals surface area contributed by atoms with Gasteiger partial charge < -0.3 is 30.6 Å². The average Bonchev–Trinajstić information content (AvgIpc) is 3.41. The topological polar surface area (TPSA) is 145 Å². The van der Waals surface area contributed by atoms with E-state index in [9.17, 15) is 14.4 Å². The first kappa shape index (κ1) is 26.4. The van der Waals surface area contributed by atoms with Crippen molar-refractivity contribution in [1.29, 1.82) is 0 Å². The SMILES string of the molecule is Cc1c(NC(=O)Nc2ccc(Oc3ccnc(C(=O)OC(N)=O)c3)cc2)cccc1OCCN1CCCC1. The lowest BCUT2D eigenvalue weighted by Crippen LogP contribution is -2.25. The van der Waals surface area contributed by atoms with Gasteiger partial charge in [-0.15, -0.1) is 0 Å². The quantitative estimate of drug-likeness (QED) is 0.276. The highest BCUT2D eigenvalue weighted by Gasteiger charge is 2.14. The van der Waals surface area contributed by atoms with Crippen molar-refractivity contribution in [2.75, 3.05) is 36.9 Å². The number of anilines is 2. The van der Waals surface area contributed by atoms with Gasteiger partial charge in [-0.1, -0.05) is 6.07 Å². The fraction of sp³-hybridized carbons (Fsp3) is 0.259. The van der Waals surface area contributed by atoms with Crippen molar-refractivity contribution < 1.29 is 28.6 Å². The van der Waals surface area contributed by atoms with Crippen LogP contribution < -0.4 is 25.8 Å². The van der Waals surface area contributed by atoms with Gasteiger partial charge in [0.2, 0.25) is 0 Å². The molecular weight excluding hydrogens is 490 g/mol. The number of urea groups is 1. The minimum Gasteiger partial charge on any atom is -0.492 e. The second-order valence-electron chi connectivity index (χ2n) is 8.62. The van der Waals surface area contributed by atoms with E-state index in [4.69, 9.17) is 15.2 Å². The lowest BCUT2D eigenvalue weighted by Gasteiger charge is -2.17. The Kier molecular flexibility index (Phi) is 8.73. The van der Waals surface area contributed by atoms with Gasteiger partial charge in [0.15, 0.2) is 5.69 Å². The van der Waals surface area contributed by atoms with E-state index in [1.165, 1.54) is 31.2 Å². The molecule has 1 saturated heterocycles. The van der Waals surface area contributed by atoms with Crippen molar-refractivity contribution in [3.63, 3.8) is 0 Å². The van der Waals surface area contributed by atoms with Gasteiger partial charge in [0.05, 0.1) is 0 Å². The molecule has 0 unspecified atom stereocenters. The largest absolute Gasteiger partial charge is 0.492 e. The van der Waals surface area contributed by atoms with Crippen molar-refractivity contribution in [3.8, 4) is 17.2 Å². The van der Waals surface area contributed by atoms with E-state index in [1.807, 2.05) is 25.1 Å². The number of amides is 3. The van der Waals surface area contributed by atoms with Gasteiger partial charge in [0.1, 0.15) is 23.9 Å². The second-order valence-corrected chi connectivity index (χ2v) is 8.62. The number of hydrogen-bond acceptors (Lipinski definition) is 8. The lowest BCUT2D eigenvalue weighted by atomic mass is 10.2. The third-order valence-electron chi connectivity index (χ3n) is 5.88. The molecule has 0 atom stereocenters. The van der Waals surface area contributed by atoms with Crippen LogP contribution in [0.4, 0.5) is 21.0 Å². The van der Waals surface area contributed by atoms with Gasteiger partial charge in [0, 0.05) is 35.7 Å². The second kappa shape index (κ2) is 12.5. The summed E-state index contributed by atoms with van der Waals surface area (Å²) in [6.45, 7) is 5.64. The molecule has 11 nitrogen and oxygen atoms in total. The molecule has 4 N–H and O–H groups in total. The Morgan fingerprint density at radius 1 is 1.00 bits per heavy atom. The fourth-order valence-corrected chi connectivity index (χ4v) is 3.95.